The molecule has 12 heteroatoms. The van der Waals surface area contributed by atoms with Crippen LogP contribution in [-0.2, 0) is 49.3 Å². The average molecular weight is 568 g/mol. The normalized spacial score (nSPS) is 38.0. The van der Waals surface area contributed by atoms with Gasteiger partial charge in [0.2, 0.25) is 0 Å². The molecule has 0 spiro atoms. The zero-order chi connectivity index (χ0) is 28.3. The summed E-state index contributed by atoms with van der Waals surface area (Å²) in [6, 6.07) is 18.6. The summed E-state index contributed by atoms with van der Waals surface area (Å²) in [5.74, 6) is -0.714. The summed E-state index contributed by atoms with van der Waals surface area (Å²) < 4.78 is 49.2. The average Bonchev–Trinajstić information content (AvgIpc) is 3.43. The molecule has 0 aliphatic carbocycles. The Hall–Kier alpha value is -3.06. The van der Waals surface area contributed by atoms with Gasteiger partial charge in [-0.15, -0.1) is 0 Å². The summed E-state index contributed by atoms with van der Waals surface area (Å²) in [6.07, 6.45) is -5.96. The van der Waals surface area contributed by atoms with Crippen molar-refractivity contribution < 1.29 is 42.7 Å². The van der Waals surface area contributed by atoms with E-state index in [1.54, 1.807) is 0 Å². The van der Waals surface area contributed by atoms with E-state index in [-0.39, 0.29) is 25.2 Å². The third-order valence-electron chi connectivity index (χ3n) is 7.85. The molecule has 5 unspecified atom stereocenters. The van der Waals surface area contributed by atoms with E-state index in [0.29, 0.717) is 6.61 Å². The zero-order valence-corrected chi connectivity index (χ0v) is 22.8. The molecule has 2 aromatic carbocycles. The molecule has 41 heavy (non-hydrogen) atoms. The van der Waals surface area contributed by atoms with Crippen molar-refractivity contribution in [2.75, 3.05) is 13.2 Å². The smallest absolute Gasteiger partial charge is 0.303 e. The molecule has 0 saturated carbocycles. The molecule has 4 aliphatic rings. The number of benzene rings is 2. The predicted molar refractivity (Wildman–Crippen MR) is 141 cm³/mol. The van der Waals surface area contributed by atoms with Crippen LogP contribution in [0.3, 0.4) is 0 Å². The summed E-state index contributed by atoms with van der Waals surface area (Å²) in [5, 5.41) is 3.81. The summed E-state index contributed by atoms with van der Waals surface area (Å²) in [5.41, 5.74) is 11.1. The van der Waals surface area contributed by atoms with Gasteiger partial charge in [0.15, 0.2) is 18.9 Å². The van der Waals surface area contributed by atoms with Crippen molar-refractivity contribution >= 4 is 5.97 Å². The second kappa shape index (κ2) is 12.4. The van der Waals surface area contributed by atoms with Crippen molar-refractivity contribution in [1.82, 2.24) is 0 Å². The van der Waals surface area contributed by atoms with Crippen LogP contribution < -0.4 is 0 Å². The van der Waals surface area contributed by atoms with E-state index in [4.69, 9.17) is 37.9 Å². The van der Waals surface area contributed by atoms with Crippen LogP contribution in [0.2, 0.25) is 0 Å². The summed E-state index contributed by atoms with van der Waals surface area (Å²) in [6.45, 7) is 4.11. The Morgan fingerprint density at radius 3 is 2.41 bits per heavy atom. The lowest BCUT2D eigenvalue weighted by atomic mass is 9.89. The van der Waals surface area contributed by atoms with Gasteiger partial charge < -0.3 is 37.9 Å². The van der Waals surface area contributed by atoms with Crippen LogP contribution in [0.5, 0.6) is 0 Å². The van der Waals surface area contributed by atoms with E-state index in [2.05, 4.69) is 10.0 Å². The Morgan fingerprint density at radius 1 is 0.951 bits per heavy atom. The highest BCUT2D eigenvalue weighted by Crippen LogP contribution is 2.41. The molecule has 0 aromatic heterocycles. The van der Waals surface area contributed by atoms with Crippen molar-refractivity contribution in [3.05, 3.63) is 82.2 Å². The molecule has 0 amide bonds. The highest BCUT2D eigenvalue weighted by atomic mass is 16.8. The highest BCUT2D eigenvalue weighted by Gasteiger charge is 2.56. The Kier molecular flexibility index (Phi) is 8.52. The Morgan fingerprint density at radius 2 is 1.68 bits per heavy atom. The van der Waals surface area contributed by atoms with E-state index >= 15 is 0 Å². The fourth-order valence-electron chi connectivity index (χ4n) is 5.88. The summed E-state index contributed by atoms with van der Waals surface area (Å²) >= 11 is 0. The van der Waals surface area contributed by atoms with Crippen molar-refractivity contribution in [3.8, 4) is 0 Å². The van der Waals surface area contributed by atoms with E-state index in [0.717, 1.165) is 11.1 Å². The fourth-order valence-corrected chi connectivity index (χ4v) is 5.88. The van der Waals surface area contributed by atoms with Gasteiger partial charge in [0, 0.05) is 23.3 Å². The zero-order valence-electron chi connectivity index (χ0n) is 22.8. The van der Waals surface area contributed by atoms with Gasteiger partial charge >= 0.3 is 5.97 Å². The molecule has 11 atom stereocenters. The number of hydrogen-bond donors (Lipinski definition) is 0. The van der Waals surface area contributed by atoms with Crippen LogP contribution in [0.1, 0.15) is 31.3 Å². The van der Waals surface area contributed by atoms with Gasteiger partial charge in [0.05, 0.1) is 25.9 Å². The van der Waals surface area contributed by atoms with Gasteiger partial charge in [-0.1, -0.05) is 72.7 Å². The number of ether oxygens (including phenoxy) is 8. The molecule has 0 radical (unpaired) electrons. The lowest BCUT2D eigenvalue weighted by Gasteiger charge is -2.50. The van der Waals surface area contributed by atoms with Gasteiger partial charge in [-0.05, 0) is 11.1 Å². The van der Waals surface area contributed by atoms with Crippen molar-refractivity contribution in [3.63, 3.8) is 0 Å². The second-order valence-corrected chi connectivity index (χ2v) is 10.6. The monoisotopic (exact) mass is 567 g/mol. The van der Waals surface area contributed by atoms with E-state index in [9.17, 15) is 10.3 Å². The quantitative estimate of drug-likeness (QED) is 0.202. The largest absolute Gasteiger partial charge is 0.459 e. The molecule has 2 bridgehead atoms. The summed E-state index contributed by atoms with van der Waals surface area (Å²) in [7, 11) is 0. The van der Waals surface area contributed by atoms with Crippen LogP contribution in [0.4, 0.5) is 0 Å². The minimum Gasteiger partial charge on any atom is -0.459 e. The van der Waals surface area contributed by atoms with Gasteiger partial charge in [-0.2, -0.15) is 0 Å². The number of nitrogens with zero attached hydrogens (tertiary/aromatic N) is 3. The first-order chi connectivity index (χ1) is 20.0. The van der Waals surface area contributed by atoms with Gasteiger partial charge in [0.25, 0.3) is 0 Å². The maximum atomic E-state index is 12.1. The minimum absolute atomic E-state index is 0.172. The molecule has 0 N–H and O–H groups in total. The topological polar surface area (TPSA) is 140 Å². The summed E-state index contributed by atoms with van der Waals surface area (Å²) in [4.78, 5) is 15.0. The standard InChI is InChI=1S/C29H33N3O9/c1-16-23-20(14-35-27(40-23)19-11-7-4-8-12-19)39-29(24(16)34-13-18-9-5-3-6-10-18)41-25-21-15-36-28(38-21)22(31-32-30)26(25)37-17(2)33/h3-12,16,20-29H,13-15H2,1-2H3/t16-,20?,21?,22?,23-,24?,25+,26-,27?,28+,29-/m0/s1. The number of esters is 1. The number of fused-ring (bicyclic) bond motifs is 3. The van der Waals surface area contributed by atoms with Crippen LogP contribution in [0.15, 0.2) is 65.8 Å². The van der Waals surface area contributed by atoms with E-state index in [1.165, 1.54) is 6.92 Å². The molecule has 2 aromatic rings. The predicted octanol–water partition coefficient (Wildman–Crippen LogP) is 3.80. The van der Waals surface area contributed by atoms with Crippen LogP contribution >= 0.6 is 0 Å². The van der Waals surface area contributed by atoms with Gasteiger partial charge in [-0.25, -0.2) is 0 Å². The van der Waals surface area contributed by atoms with E-state index < -0.39 is 61.4 Å². The number of hydrogen-bond acceptors (Lipinski definition) is 10. The second-order valence-electron chi connectivity index (χ2n) is 10.6. The Labute approximate surface area is 237 Å². The third kappa shape index (κ3) is 5.97. The number of carbonyl (C=O) groups is 1. The molecule has 4 fully saturated rings. The van der Waals surface area contributed by atoms with Crippen LogP contribution in [0, 0.1) is 5.92 Å². The maximum absolute atomic E-state index is 12.1. The molecule has 4 saturated heterocycles. The van der Waals surface area contributed by atoms with Crippen molar-refractivity contribution in [2.45, 2.75) is 82.0 Å². The number of azide groups is 1. The first-order valence-electron chi connectivity index (χ1n) is 13.8. The molecule has 4 aliphatic heterocycles. The first-order valence-corrected chi connectivity index (χ1v) is 13.8. The Balaban J connectivity index is 1.26. The van der Waals surface area contributed by atoms with Crippen LogP contribution in [0.25, 0.3) is 10.4 Å². The third-order valence-corrected chi connectivity index (χ3v) is 7.85. The number of carbonyl (C=O) groups excluding carboxylic acids is 1. The number of rotatable bonds is 8. The molecule has 4 heterocycles. The highest BCUT2D eigenvalue weighted by molar-refractivity contribution is 5.66. The first kappa shape index (κ1) is 28.1. The van der Waals surface area contributed by atoms with Gasteiger partial charge in [-0.3, -0.25) is 4.79 Å². The molecule has 218 valence electrons. The lowest BCUT2D eigenvalue weighted by Crippen LogP contribution is -2.62. The SMILES string of the molecule is CC(=O)O[C@H]1C(N=[N+]=[N-])[C@@H]2OCC(O2)[C@H]1O[C@@H]1OC2COC(c3ccccc3)O[C@H]2[C@H](C)C1OCc1ccccc1. The molecule has 6 rings (SSSR count). The van der Waals surface area contributed by atoms with Gasteiger partial charge in [0.1, 0.15) is 36.6 Å². The van der Waals surface area contributed by atoms with Crippen molar-refractivity contribution in [2.24, 2.45) is 11.0 Å². The fraction of sp³-hybridized carbons (Fsp3) is 0.552. The van der Waals surface area contributed by atoms with Crippen molar-refractivity contribution in [1.29, 1.82) is 0 Å². The minimum atomic E-state index is -0.942. The van der Waals surface area contributed by atoms with Crippen LogP contribution in [-0.4, -0.2) is 74.4 Å². The Bertz CT molecular complexity index is 1230. The molecular weight excluding hydrogens is 534 g/mol. The lowest BCUT2D eigenvalue weighted by molar-refractivity contribution is -0.371. The molecular formula is C29H33N3O9. The van der Waals surface area contributed by atoms with E-state index in [1.807, 2.05) is 67.6 Å². The maximum Gasteiger partial charge on any atom is 0.303 e. The molecule has 12 nitrogen and oxygen atoms in total.